The summed E-state index contributed by atoms with van der Waals surface area (Å²) in [5.74, 6) is 0. The van der Waals surface area contributed by atoms with Gasteiger partial charge in [-0.25, -0.2) is 0 Å². The van der Waals surface area contributed by atoms with Crippen molar-refractivity contribution in [2.75, 3.05) is 21.3 Å². The molecule has 0 spiro atoms. The fourth-order valence-corrected chi connectivity index (χ4v) is 5.15. The molecule has 0 amide bonds. The molecule has 136 valence electrons. The summed E-state index contributed by atoms with van der Waals surface area (Å²) < 4.78 is 14.0. The maximum atomic E-state index is 4.67. The van der Waals surface area contributed by atoms with Gasteiger partial charge < -0.3 is 13.6 Å². The molecule has 0 saturated carbocycles. The van der Waals surface area contributed by atoms with E-state index in [4.69, 9.17) is 0 Å². The van der Waals surface area contributed by atoms with Crippen molar-refractivity contribution in [1.82, 2.24) is 0 Å². The Morgan fingerprint density at radius 2 is 0.731 bits per heavy atom. The van der Waals surface area contributed by atoms with Crippen molar-refractivity contribution in [3.63, 3.8) is 0 Å². The minimum absolute atomic E-state index is 0.446. The fraction of sp³-hybridized carbons (Fsp3) is 0.143. The second-order valence-electron chi connectivity index (χ2n) is 5.11. The molecule has 0 aromatic heterocycles. The molecule has 0 saturated heterocycles. The van der Waals surface area contributed by atoms with Crippen molar-refractivity contribution >= 4 is 32.4 Å². The van der Waals surface area contributed by atoms with Gasteiger partial charge >= 0.3 is 8.60 Å². The Bertz CT molecular complexity index is 621. The number of benzene rings is 3. The zero-order chi connectivity index (χ0) is 18.6. The van der Waals surface area contributed by atoms with Gasteiger partial charge in [-0.2, -0.15) is 0 Å². The Kier molecular flexibility index (Phi) is 9.48. The lowest BCUT2D eigenvalue weighted by Gasteiger charge is -2.18. The first-order valence-corrected chi connectivity index (χ1v) is 10.6. The molecule has 26 heavy (non-hydrogen) atoms. The van der Waals surface area contributed by atoms with Crippen molar-refractivity contribution in [3.8, 4) is 0 Å². The summed E-state index contributed by atoms with van der Waals surface area (Å²) in [6.45, 7) is 0. The third-order valence-electron chi connectivity index (χ3n) is 3.49. The Morgan fingerprint density at radius 1 is 0.462 bits per heavy atom. The molecule has 0 aliphatic carbocycles. The zero-order valence-corrected chi connectivity index (χ0v) is 17.1. The number of hydrogen-bond acceptors (Lipinski definition) is 3. The highest BCUT2D eigenvalue weighted by molar-refractivity contribution is 7.79. The maximum absolute atomic E-state index is 4.67. The quantitative estimate of drug-likeness (QED) is 0.580. The molecule has 5 heteroatoms. The lowest BCUT2D eigenvalue weighted by Crippen LogP contribution is -2.20. The van der Waals surface area contributed by atoms with Crippen molar-refractivity contribution in [1.29, 1.82) is 0 Å². The highest BCUT2D eigenvalue weighted by Gasteiger charge is 2.14. The van der Waals surface area contributed by atoms with Crippen molar-refractivity contribution < 1.29 is 13.6 Å². The first-order chi connectivity index (χ1) is 12.8. The van der Waals surface area contributed by atoms with E-state index in [1.54, 1.807) is 21.3 Å². The molecule has 0 aliphatic rings. The Morgan fingerprint density at radius 3 is 0.923 bits per heavy atom. The van der Waals surface area contributed by atoms with E-state index in [-0.39, 0.29) is 0 Å². The highest BCUT2D eigenvalue weighted by atomic mass is 31.2. The van der Waals surface area contributed by atoms with E-state index >= 15 is 0 Å². The van der Waals surface area contributed by atoms with E-state index in [0.717, 1.165) is 0 Å². The topological polar surface area (TPSA) is 27.7 Å². The van der Waals surface area contributed by atoms with E-state index in [1.165, 1.54) is 15.9 Å². The molecule has 3 aromatic rings. The molecule has 0 radical (unpaired) electrons. The lowest BCUT2D eigenvalue weighted by atomic mass is 10.4. The van der Waals surface area contributed by atoms with E-state index in [9.17, 15) is 0 Å². The first-order valence-electron chi connectivity index (χ1n) is 8.18. The molecule has 0 unspecified atom stereocenters. The van der Waals surface area contributed by atoms with Gasteiger partial charge in [0, 0.05) is 21.3 Å². The summed E-state index contributed by atoms with van der Waals surface area (Å²) in [7, 11) is 3.12. The monoisotopic (exact) mass is 386 g/mol. The van der Waals surface area contributed by atoms with E-state index in [0.29, 0.717) is 0 Å². The molecule has 3 aromatic carbocycles. The lowest BCUT2D eigenvalue weighted by molar-refractivity contribution is 0.239. The van der Waals surface area contributed by atoms with Gasteiger partial charge in [0.2, 0.25) is 0 Å². The molecule has 0 N–H and O–H groups in total. The summed E-state index contributed by atoms with van der Waals surface area (Å²) in [4.78, 5) is 0. The van der Waals surface area contributed by atoms with Gasteiger partial charge in [0.15, 0.2) is 0 Å². The molecule has 0 heterocycles. The second kappa shape index (κ2) is 11.9. The summed E-state index contributed by atoms with van der Waals surface area (Å²) in [5.41, 5.74) is 0. The Hall–Kier alpha value is -1.60. The van der Waals surface area contributed by atoms with Crippen LogP contribution in [0.3, 0.4) is 0 Å². The average Bonchev–Trinajstić information content (AvgIpc) is 2.72. The summed E-state index contributed by atoms with van der Waals surface area (Å²) in [5, 5.41) is 4.19. The van der Waals surface area contributed by atoms with Crippen LogP contribution < -0.4 is 15.9 Å². The number of rotatable bonds is 6. The molecule has 0 aliphatic heterocycles. The second-order valence-corrected chi connectivity index (χ2v) is 8.88. The van der Waals surface area contributed by atoms with Gasteiger partial charge in [0.25, 0.3) is 0 Å². The minimum Gasteiger partial charge on any atom is -0.316 e. The van der Waals surface area contributed by atoms with Gasteiger partial charge in [-0.1, -0.05) is 91.0 Å². The SMILES string of the molecule is COP(OC)OC.c1ccc(P(c2ccccc2)c2ccccc2)cc1. The van der Waals surface area contributed by atoms with Crippen LogP contribution in [-0.4, -0.2) is 21.3 Å². The molecule has 0 bridgehead atoms. The number of hydrogen-bond donors (Lipinski definition) is 0. The standard InChI is InChI=1S/C18H15P.C3H9O3P/c1-4-10-16(11-5-1)19(17-12-6-2-7-13-17)18-14-8-3-9-15-18;1-4-7(5-2)6-3/h1-15H;1-3H3. The Balaban J connectivity index is 0.000000298. The third kappa shape index (κ3) is 6.29. The predicted molar refractivity (Wildman–Crippen MR) is 113 cm³/mol. The molecular weight excluding hydrogens is 362 g/mol. The molecule has 0 atom stereocenters. The highest BCUT2D eigenvalue weighted by Crippen LogP contribution is 2.35. The normalized spacial score (nSPS) is 10.5. The van der Waals surface area contributed by atoms with Crippen LogP contribution in [0.1, 0.15) is 0 Å². The molecule has 3 rings (SSSR count). The maximum Gasteiger partial charge on any atom is 0.331 e. The summed E-state index contributed by atoms with van der Waals surface area (Å²) in [6.07, 6.45) is 0. The van der Waals surface area contributed by atoms with Gasteiger partial charge in [-0.15, -0.1) is 0 Å². The molecule has 3 nitrogen and oxygen atoms in total. The van der Waals surface area contributed by atoms with Crippen LogP contribution in [0, 0.1) is 0 Å². The van der Waals surface area contributed by atoms with Crippen LogP contribution >= 0.6 is 16.5 Å². The first kappa shape index (κ1) is 20.7. The summed E-state index contributed by atoms with van der Waals surface area (Å²) >= 11 is 0. The third-order valence-corrected chi connectivity index (χ3v) is 6.83. The van der Waals surface area contributed by atoms with Gasteiger partial charge in [0.05, 0.1) is 0 Å². The minimum atomic E-state index is -1.05. The van der Waals surface area contributed by atoms with E-state index in [2.05, 4.69) is 105 Å². The van der Waals surface area contributed by atoms with Crippen LogP contribution in [0.15, 0.2) is 91.0 Å². The van der Waals surface area contributed by atoms with Gasteiger partial charge in [0.1, 0.15) is 0 Å². The van der Waals surface area contributed by atoms with Crippen LogP contribution in [0.4, 0.5) is 0 Å². The van der Waals surface area contributed by atoms with Crippen LogP contribution in [-0.2, 0) is 13.6 Å². The summed E-state index contributed by atoms with van der Waals surface area (Å²) in [6, 6.07) is 32.3. The smallest absolute Gasteiger partial charge is 0.316 e. The zero-order valence-electron chi connectivity index (χ0n) is 15.3. The molecule has 0 fully saturated rings. The van der Waals surface area contributed by atoms with Crippen molar-refractivity contribution in [2.45, 2.75) is 0 Å². The van der Waals surface area contributed by atoms with Crippen LogP contribution in [0.2, 0.25) is 0 Å². The van der Waals surface area contributed by atoms with Crippen LogP contribution in [0.25, 0.3) is 0 Å². The van der Waals surface area contributed by atoms with Gasteiger partial charge in [-0.05, 0) is 23.8 Å². The Labute approximate surface area is 158 Å². The van der Waals surface area contributed by atoms with Gasteiger partial charge in [-0.3, -0.25) is 0 Å². The average molecular weight is 386 g/mol. The van der Waals surface area contributed by atoms with Crippen molar-refractivity contribution in [2.24, 2.45) is 0 Å². The largest absolute Gasteiger partial charge is 0.331 e. The molecular formula is C21H24O3P2. The predicted octanol–water partition coefficient (Wildman–Crippen LogP) is 4.60. The van der Waals surface area contributed by atoms with Crippen molar-refractivity contribution in [3.05, 3.63) is 91.0 Å². The van der Waals surface area contributed by atoms with Crippen LogP contribution in [0.5, 0.6) is 0 Å². The van der Waals surface area contributed by atoms with E-state index < -0.39 is 16.5 Å². The van der Waals surface area contributed by atoms with E-state index in [1.807, 2.05) is 0 Å². The fourth-order valence-electron chi connectivity index (χ4n) is 2.40.